The van der Waals surface area contributed by atoms with Gasteiger partial charge in [-0.05, 0) is 39.2 Å². The van der Waals surface area contributed by atoms with Crippen LogP contribution in [0.15, 0.2) is 6.33 Å². The SMILES string of the molecule is CCNCC(C)n1cnc2c1CCCC2. The predicted octanol–water partition coefficient (Wildman–Crippen LogP) is 1.93. The molecule has 0 aliphatic heterocycles. The molecule has 0 aromatic carbocycles. The van der Waals surface area contributed by atoms with Gasteiger partial charge in [0.2, 0.25) is 0 Å². The molecular formula is C12H21N3. The zero-order valence-corrected chi connectivity index (χ0v) is 9.79. The van der Waals surface area contributed by atoms with Crippen LogP contribution in [0.1, 0.15) is 44.1 Å². The van der Waals surface area contributed by atoms with E-state index in [1.807, 2.05) is 6.33 Å². The second-order valence-electron chi connectivity index (χ2n) is 4.41. The minimum Gasteiger partial charge on any atom is -0.330 e. The summed E-state index contributed by atoms with van der Waals surface area (Å²) in [5.41, 5.74) is 2.82. The molecule has 1 aromatic rings. The molecule has 1 atom stereocenters. The number of nitrogens with zero attached hydrogens (tertiary/aromatic N) is 2. The maximum Gasteiger partial charge on any atom is 0.0954 e. The fourth-order valence-electron chi connectivity index (χ4n) is 2.32. The van der Waals surface area contributed by atoms with Crippen molar-refractivity contribution < 1.29 is 0 Å². The van der Waals surface area contributed by atoms with Gasteiger partial charge in [-0.25, -0.2) is 4.98 Å². The van der Waals surface area contributed by atoms with Crippen LogP contribution in [0.5, 0.6) is 0 Å². The van der Waals surface area contributed by atoms with E-state index in [1.165, 1.54) is 37.1 Å². The highest BCUT2D eigenvalue weighted by Crippen LogP contribution is 2.22. The highest BCUT2D eigenvalue weighted by atomic mass is 15.1. The average Bonchev–Trinajstić information content (AvgIpc) is 2.69. The molecule has 15 heavy (non-hydrogen) atoms. The molecule has 0 spiro atoms. The molecule has 0 saturated heterocycles. The van der Waals surface area contributed by atoms with Gasteiger partial charge in [0, 0.05) is 18.3 Å². The van der Waals surface area contributed by atoms with Crippen molar-refractivity contribution in [2.45, 2.75) is 45.6 Å². The number of hydrogen-bond donors (Lipinski definition) is 1. The Balaban J connectivity index is 2.10. The Labute approximate surface area is 91.9 Å². The number of nitrogens with one attached hydrogen (secondary N) is 1. The van der Waals surface area contributed by atoms with Gasteiger partial charge in [-0.3, -0.25) is 0 Å². The number of likely N-dealkylation sites (N-methyl/N-ethyl adjacent to an activating group) is 1. The fraction of sp³-hybridized carbons (Fsp3) is 0.750. The first-order chi connectivity index (χ1) is 7.33. The van der Waals surface area contributed by atoms with Crippen molar-refractivity contribution in [3.63, 3.8) is 0 Å². The van der Waals surface area contributed by atoms with Crippen LogP contribution in [-0.4, -0.2) is 22.6 Å². The molecule has 3 nitrogen and oxygen atoms in total. The largest absolute Gasteiger partial charge is 0.330 e. The lowest BCUT2D eigenvalue weighted by Crippen LogP contribution is -2.24. The third-order valence-corrected chi connectivity index (χ3v) is 3.22. The standard InChI is InChI=1S/C12H21N3/c1-3-13-8-10(2)15-9-14-11-6-4-5-7-12(11)15/h9-10,13H,3-8H2,1-2H3. The van der Waals surface area contributed by atoms with Gasteiger partial charge in [0.15, 0.2) is 0 Å². The van der Waals surface area contributed by atoms with E-state index in [4.69, 9.17) is 0 Å². The molecule has 1 aromatic heterocycles. The van der Waals surface area contributed by atoms with Crippen molar-refractivity contribution in [1.82, 2.24) is 14.9 Å². The molecule has 2 rings (SSSR count). The summed E-state index contributed by atoms with van der Waals surface area (Å²) < 4.78 is 2.36. The Morgan fingerprint density at radius 1 is 1.47 bits per heavy atom. The minimum absolute atomic E-state index is 0.527. The second-order valence-corrected chi connectivity index (χ2v) is 4.41. The van der Waals surface area contributed by atoms with Crippen LogP contribution in [0, 0.1) is 0 Å². The number of aromatic nitrogens is 2. The molecule has 1 heterocycles. The maximum absolute atomic E-state index is 4.52. The van der Waals surface area contributed by atoms with Gasteiger partial charge >= 0.3 is 0 Å². The molecule has 1 aliphatic rings. The normalized spacial score (nSPS) is 17.5. The van der Waals surface area contributed by atoms with Crippen LogP contribution >= 0.6 is 0 Å². The average molecular weight is 207 g/mol. The van der Waals surface area contributed by atoms with E-state index in [0.717, 1.165) is 13.1 Å². The summed E-state index contributed by atoms with van der Waals surface area (Å²) in [6.45, 7) is 6.50. The fourth-order valence-corrected chi connectivity index (χ4v) is 2.32. The summed E-state index contributed by atoms with van der Waals surface area (Å²) in [5, 5.41) is 3.39. The molecular weight excluding hydrogens is 186 g/mol. The molecule has 0 fully saturated rings. The molecule has 1 unspecified atom stereocenters. The molecule has 0 bridgehead atoms. The van der Waals surface area contributed by atoms with E-state index in [9.17, 15) is 0 Å². The first kappa shape index (κ1) is 10.7. The molecule has 0 radical (unpaired) electrons. The van der Waals surface area contributed by atoms with Crippen LogP contribution in [-0.2, 0) is 12.8 Å². The predicted molar refractivity (Wildman–Crippen MR) is 62.1 cm³/mol. The Morgan fingerprint density at radius 2 is 2.27 bits per heavy atom. The highest BCUT2D eigenvalue weighted by molar-refractivity contribution is 5.17. The van der Waals surface area contributed by atoms with E-state index in [1.54, 1.807) is 0 Å². The highest BCUT2D eigenvalue weighted by Gasteiger charge is 2.17. The van der Waals surface area contributed by atoms with Gasteiger partial charge in [-0.15, -0.1) is 0 Å². The number of fused-ring (bicyclic) bond motifs is 1. The summed E-state index contributed by atoms with van der Waals surface area (Å²) in [7, 11) is 0. The van der Waals surface area contributed by atoms with E-state index >= 15 is 0 Å². The first-order valence-corrected chi connectivity index (χ1v) is 6.08. The summed E-state index contributed by atoms with van der Waals surface area (Å²) in [4.78, 5) is 4.52. The van der Waals surface area contributed by atoms with E-state index in [0.29, 0.717) is 6.04 Å². The van der Waals surface area contributed by atoms with Gasteiger partial charge in [-0.2, -0.15) is 0 Å². The third-order valence-electron chi connectivity index (χ3n) is 3.22. The van der Waals surface area contributed by atoms with Crippen LogP contribution in [0.2, 0.25) is 0 Å². The number of aryl methyl sites for hydroxylation is 1. The lowest BCUT2D eigenvalue weighted by Gasteiger charge is -2.19. The Kier molecular flexibility index (Phi) is 3.41. The van der Waals surface area contributed by atoms with Gasteiger partial charge in [-0.1, -0.05) is 6.92 Å². The quantitative estimate of drug-likeness (QED) is 0.817. The molecule has 1 aliphatic carbocycles. The molecule has 84 valence electrons. The van der Waals surface area contributed by atoms with Crippen molar-refractivity contribution >= 4 is 0 Å². The van der Waals surface area contributed by atoms with E-state index in [-0.39, 0.29) is 0 Å². The maximum atomic E-state index is 4.52. The molecule has 1 N–H and O–H groups in total. The monoisotopic (exact) mass is 207 g/mol. The second kappa shape index (κ2) is 4.79. The van der Waals surface area contributed by atoms with E-state index < -0.39 is 0 Å². The van der Waals surface area contributed by atoms with Crippen LogP contribution < -0.4 is 5.32 Å². The van der Waals surface area contributed by atoms with Crippen LogP contribution in [0.4, 0.5) is 0 Å². The smallest absolute Gasteiger partial charge is 0.0954 e. The van der Waals surface area contributed by atoms with Crippen molar-refractivity contribution in [2.75, 3.05) is 13.1 Å². The first-order valence-electron chi connectivity index (χ1n) is 6.08. The summed E-state index contributed by atoms with van der Waals surface area (Å²) in [6, 6.07) is 0.527. The van der Waals surface area contributed by atoms with Gasteiger partial charge < -0.3 is 9.88 Å². The van der Waals surface area contributed by atoms with Gasteiger partial charge in [0.1, 0.15) is 0 Å². The Bertz CT molecular complexity index is 317. The van der Waals surface area contributed by atoms with Crippen molar-refractivity contribution in [3.8, 4) is 0 Å². The van der Waals surface area contributed by atoms with Crippen molar-refractivity contribution in [3.05, 3.63) is 17.7 Å². The Morgan fingerprint density at radius 3 is 3.07 bits per heavy atom. The number of rotatable bonds is 4. The van der Waals surface area contributed by atoms with E-state index in [2.05, 4.69) is 28.7 Å². The topological polar surface area (TPSA) is 29.9 Å². The summed E-state index contributed by atoms with van der Waals surface area (Å²) in [6.07, 6.45) is 7.05. The Hall–Kier alpha value is -0.830. The summed E-state index contributed by atoms with van der Waals surface area (Å²) in [5.74, 6) is 0. The molecule has 0 amide bonds. The van der Waals surface area contributed by atoms with Crippen molar-refractivity contribution in [2.24, 2.45) is 0 Å². The van der Waals surface area contributed by atoms with Crippen LogP contribution in [0.25, 0.3) is 0 Å². The summed E-state index contributed by atoms with van der Waals surface area (Å²) >= 11 is 0. The van der Waals surface area contributed by atoms with Crippen molar-refractivity contribution in [1.29, 1.82) is 0 Å². The lowest BCUT2D eigenvalue weighted by atomic mass is 10.0. The zero-order chi connectivity index (χ0) is 10.7. The lowest BCUT2D eigenvalue weighted by molar-refractivity contribution is 0.479. The molecule has 3 heteroatoms. The number of imidazole rings is 1. The molecule has 0 saturated carbocycles. The zero-order valence-electron chi connectivity index (χ0n) is 9.79. The minimum atomic E-state index is 0.527. The van der Waals surface area contributed by atoms with Gasteiger partial charge in [0.25, 0.3) is 0 Å². The third kappa shape index (κ3) is 2.23. The van der Waals surface area contributed by atoms with Gasteiger partial charge in [0.05, 0.1) is 12.0 Å². The number of hydrogen-bond acceptors (Lipinski definition) is 2. The van der Waals surface area contributed by atoms with Crippen LogP contribution in [0.3, 0.4) is 0 Å².